The Hall–Kier alpha value is -1.99. The van der Waals surface area contributed by atoms with Gasteiger partial charge >= 0.3 is 0 Å². The van der Waals surface area contributed by atoms with Gasteiger partial charge in [-0.15, -0.1) is 11.3 Å². The maximum absolute atomic E-state index is 5.21. The molecule has 0 radical (unpaired) electrons. The second kappa shape index (κ2) is 4.94. The lowest BCUT2D eigenvalue weighted by molar-refractivity contribution is 0.415. The Balaban J connectivity index is 1.98. The van der Waals surface area contributed by atoms with Gasteiger partial charge in [0, 0.05) is 11.8 Å². The first-order valence-electron chi connectivity index (χ1n) is 5.51. The number of benzene rings is 1. The van der Waals surface area contributed by atoms with Crippen molar-refractivity contribution in [3.8, 4) is 27.0 Å². The maximum atomic E-state index is 5.21. The van der Waals surface area contributed by atoms with Crippen LogP contribution in [0.4, 0.5) is 0 Å². The normalized spacial score (nSPS) is 10.6. The number of ether oxygens (including phenoxy) is 1. The van der Waals surface area contributed by atoms with E-state index in [0.29, 0.717) is 10.6 Å². The monoisotopic (exact) mass is 290 g/mol. The molecule has 5 nitrogen and oxygen atoms in total. The van der Waals surface area contributed by atoms with Crippen LogP contribution < -0.4 is 4.74 Å². The van der Waals surface area contributed by atoms with Crippen LogP contribution in [-0.2, 0) is 0 Å². The lowest BCUT2D eigenvalue weighted by atomic mass is 10.2. The van der Waals surface area contributed by atoms with E-state index < -0.39 is 0 Å². The molecule has 0 unspecified atom stereocenters. The van der Waals surface area contributed by atoms with Crippen molar-refractivity contribution < 1.29 is 4.74 Å². The van der Waals surface area contributed by atoms with Crippen molar-refractivity contribution in [2.24, 2.45) is 0 Å². The van der Waals surface area contributed by atoms with Gasteiger partial charge in [0.15, 0.2) is 5.82 Å². The Bertz CT molecular complexity index is 759. The van der Waals surface area contributed by atoms with E-state index in [2.05, 4.69) is 20.2 Å². The highest BCUT2D eigenvalue weighted by atomic mass is 32.1. The molecular formula is C12H10N4OS2. The molecule has 96 valence electrons. The number of rotatable bonds is 3. The highest BCUT2D eigenvalue weighted by molar-refractivity contribution is 7.71. The van der Waals surface area contributed by atoms with Gasteiger partial charge < -0.3 is 4.74 Å². The van der Waals surface area contributed by atoms with Crippen molar-refractivity contribution in [2.45, 2.75) is 0 Å². The number of hydrogen-bond donors (Lipinski definition) is 2. The Labute approximate surface area is 118 Å². The number of aromatic nitrogens is 4. The second-order valence-corrected chi connectivity index (χ2v) is 5.19. The Kier molecular flexibility index (Phi) is 3.14. The molecule has 0 saturated carbocycles. The smallest absolute Gasteiger partial charge is 0.213 e. The first-order chi connectivity index (χ1) is 9.26. The van der Waals surface area contributed by atoms with E-state index >= 15 is 0 Å². The highest BCUT2D eigenvalue weighted by Gasteiger charge is 2.09. The van der Waals surface area contributed by atoms with E-state index in [0.717, 1.165) is 21.2 Å². The molecule has 3 rings (SSSR count). The van der Waals surface area contributed by atoms with E-state index in [1.165, 1.54) is 0 Å². The fourth-order valence-electron chi connectivity index (χ4n) is 1.66. The molecule has 2 aromatic heterocycles. The molecule has 0 bridgehead atoms. The molecule has 0 aliphatic rings. The number of methoxy groups -OCH3 is 1. The van der Waals surface area contributed by atoms with E-state index in [-0.39, 0.29) is 0 Å². The van der Waals surface area contributed by atoms with Crippen LogP contribution in [-0.4, -0.2) is 27.3 Å². The molecule has 0 spiro atoms. The Morgan fingerprint density at radius 2 is 2.21 bits per heavy atom. The molecule has 19 heavy (non-hydrogen) atoms. The zero-order valence-electron chi connectivity index (χ0n) is 10.0. The van der Waals surface area contributed by atoms with Crippen LogP contribution in [0.25, 0.3) is 21.3 Å². The molecule has 0 aliphatic heterocycles. The molecule has 0 fully saturated rings. The summed E-state index contributed by atoms with van der Waals surface area (Å²) in [5.74, 6) is 1.52. The minimum atomic E-state index is 0.436. The van der Waals surface area contributed by atoms with Crippen molar-refractivity contribution in [3.63, 3.8) is 0 Å². The van der Waals surface area contributed by atoms with E-state index in [4.69, 9.17) is 17.0 Å². The summed E-state index contributed by atoms with van der Waals surface area (Å²) in [6.45, 7) is 0. The number of nitrogens with zero attached hydrogens (tertiary/aromatic N) is 2. The fraction of sp³-hybridized carbons (Fsp3) is 0.0833. The number of hydrogen-bond acceptors (Lipinski definition) is 5. The summed E-state index contributed by atoms with van der Waals surface area (Å²) in [7, 11) is 1.65. The van der Waals surface area contributed by atoms with Gasteiger partial charge in [0.05, 0.1) is 12.0 Å². The van der Waals surface area contributed by atoms with Gasteiger partial charge in [0.25, 0.3) is 0 Å². The molecule has 0 atom stereocenters. The van der Waals surface area contributed by atoms with Crippen LogP contribution in [0.15, 0.2) is 30.5 Å². The summed E-state index contributed by atoms with van der Waals surface area (Å²) in [4.78, 5) is 9.51. The minimum Gasteiger partial charge on any atom is -0.497 e. The summed E-state index contributed by atoms with van der Waals surface area (Å²) in [5, 5.41) is 6.60. The molecule has 2 N–H and O–H groups in total. The van der Waals surface area contributed by atoms with Gasteiger partial charge in [-0.05, 0) is 24.4 Å². The standard InChI is InChI=1S/C12H10N4OS2/c1-17-8-4-2-3-7(5-8)11-13-6-9(19-11)10-14-12(18)16-15-10/h2-6H,1H3,(H2,14,15,16,18). The summed E-state index contributed by atoms with van der Waals surface area (Å²) in [6.07, 6.45) is 1.78. The lowest BCUT2D eigenvalue weighted by Gasteiger charge is -2.00. The maximum Gasteiger partial charge on any atom is 0.213 e. The number of thiazole rings is 1. The van der Waals surface area contributed by atoms with E-state index in [1.54, 1.807) is 24.6 Å². The zero-order valence-corrected chi connectivity index (χ0v) is 11.6. The topological polar surface area (TPSA) is 66.6 Å². The van der Waals surface area contributed by atoms with Gasteiger partial charge in [0.2, 0.25) is 4.77 Å². The van der Waals surface area contributed by atoms with Gasteiger partial charge in [0.1, 0.15) is 10.8 Å². The third-order valence-electron chi connectivity index (χ3n) is 2.56. The molecule has 2 heterocycles. The third-order valence-corrected chi connectivity index (χ3v) is 3.80. The highest BCUT2D eigenvalue weighted by Crippen LogP contribution is 2.31. The molecule has 1 aromatic carbocycles. The van der Waals surface area contributed by atoms with Gasteiger partial charge in [-0.1, -0.05) is 12.1 Å². The predicted octanol–water partition coefficient (Wildman–Crippen LogP) is 3.27. The Morgan fingerprint density at radius 1 is 1.32 bits per heavy atom. The predicted molar refractivity (Wildman–Crippen MR) is 76.9 cm³/mol. The summed E-state index contributed by atoms with van der Waals surface area (Å²) >= 11 is 6.48. The molecule has 7 heteroatoms. The van der Waals surface area contributed by atoms with Crippen molar-refractivity contribution in [1.82, 2.24) is 20.2 Å². The van der Waals surface area contributed by atoms with Crippen LogP contribution in [0.2, 0.25) is 0 Å². The fourth-order valence-corrected chi connectivity index (χ4v) is 2.66. The van der Waals surface area contributed by atoms with Gasteiger partial charge in [-0.25, -0.2) is 4.98 Å². The Morgan fingerprint density at radius 3 is 2.95 bits per heavy atom. The van der Waals surface area contributed by atoms with Crippen LogP contribution in [0.5, 0.6) is 5.75 Å². The quantitative estimate of drug-likeness (QED) is 0.727. The van der Waals surface area contributed by atoms with Crippen LogP contribution in [0.3, 0.4) is 0 Å². The summed E-state index contributed by atoms with van der Waals surface area (Å²) in [6, 6.07) is 7.80. The zero-order chi connectivity index (χ0) is 13.2. The minimum absolute atomic E-state index is 0.436. The van der Waals surface area contributed by atoms with Crippen molar-refractivity contribution >= 4 is 23.6 Å². The summed E-state index contributed by atoms with van der Waals surface area (Å²) < 4.78 is 5.65. The number of H-pyrrole nitrogens is 2. The molecule has 0 saturated heterocycles. The van der Waals surface area contributed by atoms with Crippen LogP contribution >= 0.6 is 23.6 Å². The number of nitrogens with one attached hydrogen (secondary N) is 2. The van der Waals surface area contributed by atoms with Crippen molar-refractivity contribution in [3.05, 3.63) is 35.2 Å². The van der Waals surface area contributed by atoms with E-state index in [1.807, 2.05) is 24.3 Å². The first-order valence-corrected chi connectivity index (χ1v) is 6.74. The lowest BCUT2D eigenvalue weighted by Crippen LogP contribution is -1.82. The van der Waals surface area contributed by atoms with Crippen LogP contribution in [0, 0.1) is 4.77 Å². The molecule has 3 aromatic rings. The van der Waals surface area contributed by atoms with Gasteiger partial charge in [-0.2, -0.15) is 4.98 Å². The first kappa shape index (κ1) is 12.1. The second-order valence-electron chi connectivity index (χ2n) is 3.78. The van der Waals surface area contributed by atoms with Gasteiger partial charge in [-0.3, -0.25) is 10.2 Å². The number of aromatic amines is 2. The largest absolute Gasteiger partial charge is 0.497 e. The third kappa shape index (κ3) is 2.42. The average Bonchev–Trinajstić information content (AvgIpc) is 3.07. The van der Waals surface area contributed by atoms with Crippen LogP contribution in [0.1, 0.15) is 0 Å². The van der Waals surface area contributed by atoms with E-state index in [9.17, 15) is 0 Å². The van der Waals surface area contributed by atoms with Crippen molar-refractivity contribution in [2.75, 3.05) is 7.11 Å². The molecular weight excluding hydrogens is 280 g/mol. The van der Waals surface area contributed by atoms with Crippen molar-refractivity contribution in [1.29, 1.82) is 0 Å². The molecule has 0 aliphatic carbocycles. The summed E-state index contributed by atoms with van der Waals surface area (Å²) in [5.41, 5.74) is 1.02. The molecule has 0 amide bonds. The SMILES string of the molecule is COc1cccc(-c2ncc(-c3nc(=S)[nH][nH]3)s2)c1. The average molecular weight is 290 g/mol.